The summed E-state index contributed by atoms with van der Waals surface area (Å²) < 4.78 is 19.1. The molecule has 0 saturated carbocycles. The van der Waals surface area contributed by atoms with Gasteiger partial charge in [0.2, 0.25) is 0 Å². The Morgan fingerprint density at radius 1 is 0.963 bits per heavy atom. The molecule has 0 radical (unpaired) electrons. The molecule has 0 N–H and O–H groups in total. The van der Waals surface area contributed by atoms with Crippen molar-refractivity contribution in [3.05, 3.63) is 65.5 Å². The lowest BCUT2D eigenvalue weighted by Gasteiger charge is -2.30. The van der Waals surface area contributed by atoms with E-state index < -0.39 is 0 Å². The highest BCUT2D eigenvalue weighted by Crippen LogP contribution is 2.21. The molecule has 0 unspecified atom stereocenters. The first kappa shape index (κ1) is 19.9. The molecule has 2 aromatic carbocycles. The standard InChI is InChI=1S/C24H32FNO/c1-20-14-17-26(18-15-20)16-4-5-19-27-24-7-3-2-6-22(24)11-8-21-9-12-23(25)13-10-21/h2-3,6-7,9-10,12-13,20H,4-5,8,11,14-19H2,1H3. The fourth-order valence-corrected chi connectivity index (χ4v) is 3.69. The van der Waals surface area contributed by atoms with Crippen molar-refractivity contribution in [1.82, 2.24) is 4.90 Å². The summed E-state index contributed by atoms with van der Waals surface area (Å²) >= 11 is 0. The first-order chi connectivity index (χ1) is 13.2. The van der Waals surface area contributed by atoms with Crippen LogP contribution < -0.4 is 4.74 Å². The number of unbranched alkanes of at least 4 members (excludes halogenated alkanes) is 1. The Hall–Kier alpha value is -1.87. The largest absolute Gasteiger partial charge is 0.493 e. The summed E-state index contributed by atoms with van der Waals surface area (Å²) in [6.45, 7) is 6.85. The highest BCUT2D eigenvalue weighted by Gasteiger charge is 2.14. The second-order valence-electron chi connectivity index (χ2n) is 7.81. The van der Waals surface area contributed by atoms with Crippen LogP contribution in [-0.4, -0.2) is 31.1 Å². The zero-order valence-electron chi connectivity index (χ0n) is 16.5. The monoisotopic (exact) mass is 369 g/mol. The van der Waals surface area contributed by atoms with Gasteiger partial charge in [-0.25, -0.2) is 4.39 Å². The van der Waals surface area contributed by atoms with E-state index in [-0.39, 0.29) is 5.82 Å². The van der Waals surface area contributed by atoms with Crippen LogP contribution in [0.2, 0.25) is 0 Å². The highest BCUT2D eigenvalue weighted by atomic mass is 19.1. The molecule has 0 atom stereocenters. The second kappa shape index (κ2) is 10.5. The molecule has 2 nitrogen and oxygen atoms in total. The van der Waals surface area contributed by atoms with Gasteiger partial charge in [-0.05, 0) is 93.4 Å². The van der Waals surface area contributed by atoms with Crippen molar-refractivity contribution in [2.75, 3.05) is 26.2 Å². The molecule has 0 aromatic heterocycles. The fourth-order valence-electron chi connectivity index (χ4n) is 3.69. The number of para-hydroxylation sites is 1. The molecule has 27 heavy (non-hydrogen) atoms. The lowest BCUT2D eigenvalue weighted by Crippen LogP contribution is -2.33. The van der Waals surface area contributed by atoms with Gasteiger partial charge < -0.3 is 9.64 Å². The molecular weight excluding hydrogens is 337 g/mol. The smallest absolute Gasteiger partial charge is 0.123 e. The third-order valence-corrected chi connectivity index (χ3v) is 5.57. The Kier molecular flexibility index (Phi) is 7.70. The molecule has 146 valence electrons. The van der Waals surface area contributed by atoms with E-state index in [0.29, 0.717) is 0 Å². The maximum Gasteiger partial charge on any atom is 0.123 e. The van der Waals surface area contributed by atoms with Gasteiger partial charge in [0.1, 0.15) is 11.6 Å². The van der Waals surface area contributed by atoms with Crippen molar-refractivity contribution in [3.63, 3.8) is 0 Å². The van der Waals surface area contributed by atoms with Gasteiger partial charge in [0.25, 0.3) is 0 Å². The molecule has 3 rings (SSSR count). The van der Waals surface area contributed by atoms with E-state index in [4.69, 9.17) is 4.74 Å². The molecule has 1 saturated heterocycles. The van der Waals surface area contributed by atoms with Gasteiger partial charge in [0, 0.05) is 0 Å². The van der Waals surface area contributed by atoms with Crippen LogP contribution in [0.3, 0.4) is 0 Å². The SMILES string of the molecule is CC1CCN(CCCCOc2ccccc2CCc2ccc(F)cc2)CC1. The van der Waals surface area contributed by atoms with Gasteiger partial charge in [-0.2, -0.15) is 0 Å². The quantitative estimate of drug-likeness (QED) is 0.541. The van der Waals surface area contributed by atoms with Crippen LogP contribution in [0.1, 0.15) is 43.7 Å². The van der Waals surface area contributed by atoms with E-state index in [9.17, 15) is 4.39 Å². The molecule has 1 fully saturated rings. The molecular formula is C24H32FNO. The van der Waals surface area contributed by atoms with Crippen molar-refractivity contribution in [2.24, 2.45) is 5.92 Å². The number of aryl methyl sites for hydroxylation is 2. The molecule has 2 aromatic rings. The van der Waals surface area contributed by atoms with Crippen molar-refractivity contribution in [1.29, 1.82) is 0 Å². The zero-order chi connectivity index (χ0) is 18.9. The Morgan fingerprint density at radius 3 is 2.48 bits per heavy atom. The van der Waals surface area contributed by atoms with E-state index in [1.165, 1.54) is 56.6 Å². The molecule has 3 heteroatoms. The summed E-state index contributed by atoms with van der Waals surface area (Å²) in [6.07, 6.45) is 6.79. The molecule has 0 spiro atoms. The van der Waals surface area contributed by atoms with Crippen molar-refractivity contribution in [2.45, 2.75) is 45.4 Å². The summed E-state index contributed by atoms with van der Waals surface area (Å²) in [7, 11) is 0. The number of hydrogen-bond donors (Lipinski definition) is 0. The second-order valence-corrected chi connectivity index (χ2v) is 7.81. The fraction of sp³-hybridized carbons (Fsp3) is 0.500. The summed E-state index contributed by atoms with van der Waals surface area (Å²) in [4.78, 5) is 2.59. The lowest BCUT2D eigenvalue weighted by atomic mass is 9.99. The van der Waals surface area contributed by atoms with Crippen molar-refractivity contribution < 1.29 is 9.13 Å². The van der Waals surface area contributed by atoms with Crippen LogP contribution in [0, 0.1) is 11.7 Å². The van der Waals surface area contributed by atoms with Crippen LogP contribution in [0.15, 0.2) is 48.5 Å². The zero-order valence-corrected chi connectivity index (χ0v) is 16.5. The van der Waals surface area contributed by atoms with E-state index in [2.05, 4.69) is 30.0 Å². The maximum atomic E-state index is 13.0. The Bertz CT molecular complexity index is 677. The minimum Gasteiger partial charge on any atom is -0.493 e. The van der Waals surface area contributed by atoms with Crippen LogP contribution in [-0.2, 0) is 12.8 Å². The average Bonchev–Trinajstić information content (AvgIpc) is 2.69. The van der Waals surface area contributed by atoms with Crippen molar-refractivity contribution in [3.8, 4) is 5.75 Å². The molecule has 0 aliphatic carbocycles. The van der Waals surface area contributed by atoms with Crippen LogP contribution in [0.5, 0.6) is 5.75 Å². The first-order valence-electron chi connectivity index (χ1n) is 10.4. The third kappa shape index (κ3) is 6.66. The highest BCUT2D eigenvalue weighted by molar-refractivity contribution is 5.34. The normalized spacial score (nSPS) is 15.8. The average molecular weight is 370 g/mol. The minimum absolute atomic E-state index is 0.179. The Labute approximate surface area is 163 Å². The predicted molar refractivity (Wildman–Crippen MR) is 110 cm³/mol. The van der Waals surface area contributed by atoms with E-state index in [1.54, 1.807) is 0 Å². The summed E-state index contributed by atoms with van der Waals surface area (Å²) in [5.41, 5.74) is 2.38. The summed E-state index contributed by atoms with van der Waals surface area (Å²) in [5.74, 6) is 1.71. The number of hydrogen-bond acceptors (Lipinski definition) is 2. The van der Waals surface area contributed by atoms with E-state index in [0.717, 1.165) is 43.1 Å². The number of ether oxygens (including phenoxy) is 1. The summed E-state index contributed by atoms with van der Waals surface area (Å²) in [6, 6.07) is 15.1. The van der Waals surface area contributed by atoms with Gasteiger partial charge in [0.15, 0.2) is 0 Å². The molecule has 1 aliphatic rings. The molecule has 1 aliphatic heterocycles. The first-order valence-corrected chi connectivity index (χ1v) is 10.4. The van der Waals surface area contributed by atoms with Gasteiger partial charge in [-0.1, -0.05) is 37.3 Å². The van der Waals surface area contributed by atoms with E-state index in [1.807, 2.05) is 18.2 Å². The van der Waals surface area contributed by atoms with Gasteiger partial charge in [-0.15, -0.1) is 0 Å². The van der Waals surface area contributed by atoms with Gasteiger partial charge in [-0.3, -0.25) is 0 Å². The van der Waals surface area contributed by atoms with Crippen LogP contribution >= 0.6 is 0 Å². The number of benzene rings is 2. The predicted octanol–water partition coefficient (Wildman–Crippen LogP) is 5.50. The Balaban J connectivity index is 1.39. The van der Waals surface area contributed by atoms with Gasteiger partial charge >= 0.3 is 0 Å². The minimum atomic E-state index is -0.179. The number of rotatable bonds is 9. The number of halogens is 1. The van der Waals surface area contributed by atoms with Crippen LogP contribution in [0.25, 0.3) is 0 Å². The molecule has 1 heterocycles. The van der Waals surface area contributed by atoms with Gasteiger partial charge in [0.05, 0.1) is 6.61 Å². The van der Waals surface area contributed by atoms with Crippen LogP contribution in [0.4, 0.5) is 4.39 Å². The molecule has 0 amide bonds. The topological polar surface area (TPSA) is 12.5 Å². The lowest BCUT2D eigenvalue weighted by molar-refractivity contribution is 0.184. The third-order valence-electron chi connectivity index (χ3n) is 5.57. The van der Waals surface area contributed by atoms with E-state index >= 15 is 0 Å². The Morgan fingerprint density at radius 2 is 1.70 bits per heavy atom. The number of likely N-dealkylation sites (tertiary alicyclic amines) is 1. The molecule has 0 bridgehead atoms. The maximum absolute atomic E-state index is 13.0. The van der Waals surface area contributed by atoms with Crippen molar-refractivity contribution >= 4 is 0 Å². The number of piperidine rings is 1. The summed E-state index contributed by atoms with van der Waals surface area (Å²) in [5, 5.41) is 0. The number of nitrogens with zero attached hydrogens (tertiary/aromatic N) is 1.